The second kappa shape index (κ2) is 12.0. The van der Waals surface area contributed by atoms with Crippen molar-refractivity contribution in [3.63, 3.8) is 0 Å². The van der Waals surface area contributed by atoms with Crippen molar-refractivity contribution < 1.29 is 33.4 Å². The normalized spacial score (nSPS) is 10.6. The molecule has 0 atom stereocenters. The standard InChI is InChI=1S/C29H27N3O8/c1-16-4-9-23-20(12-16)22(33)15-26(40-23)28(35)32-21-14-25(39-3)24(38-2)13-19(21)27(34)31-18-7-5-17(6-8-18)10-11-30-29(36)37/h4-9,12-15,30H,10-11H2,1-3H3,(H,31,34)(H,32,35)(H,36,37). The number of nitrogens with one attached hydrogen (secondary N) is 3. The Morgan fingerprint density at radius 3 is 2.25 bits per heavy atom. The molecule has 3 aromatic carbocycles. The molecule has 0 aliphatic heterocycles. The Bertz CT molecular complexity index is 1640. The van der Waals surface area contributed by atoms with Crippen molar-refractivity contribution in [3.8, 4) is 11.5 Å². The first kappa shape index (κ1) is 27.7. The predicted molar refractivity (Wildman–Crippen MR) is 149 cm³/mol. The average molecular weight is 546 g/mol. The molecule has 1 heterocycles. The van der Waals surface area contributed by atoms with Gasteiger partial charge in [-0.05, 0) is 49.2 Å². The Morgan fingerprint density at radius 2 is 1.57 bits per heavy atom. The van der Waals surface area contributed by atoms with Crippen molar-refractivity contribution in [3.05, 3.63) is 93.3 Å². The van der Waals surface area contributed by atoms with Gasteiger partial charge in [-0.3, -0.25) is 14.4 Å². The predicted octanol–water partition coefficient (Wildman–Crippen LogP) is 4.43. The number of methoxy groups -OCH3 is 2. The highest BCUT2D eigenvalue weighted by Crippen LogP contribution is 2.34. The average Bonchev–Trinajstić information content (AvgIpc) is 2.93. The number of carboxylic acid groups (broad SMARTS) is 1. The number of amides is 3. The lowest BCUT2D eigenvalue weighted by molar-refractivity contribution is 0.0997. The summed E-state index contributed by atoms with van der Waals surface area (Å²) in [7, 11) is 2.84. The fourth-order valence-corrected chi connectivity index (χ4v) is 4.00. The minimum absolute atomic E-state index is 0.0690. The highest BCUT2D eigenvalue weighted by molar-refractivity contribution is 6.12. The van der Waals surface area contributed by atoms with E-state index < -0.39 is 17.9 Å². The van der Waals surface area contributed by atoms with Gasteiger partial charge >= 0.3 is 6.09 Å². The molecule has 4 aromatic rings. The third kappa shape index (κ3) is 6.38. The van der Waals surface area contributed by atoms with Crippen LogP contribution in [0.2, 0.25) is 0 Å². The van der Waals surface area contributed by atoms with E-state index in [4.69, 9.17) is 19.0 Å². The molecule has 206 valence electrons. The Morgan fingerprint density at radius 1 is 0.875 bits per heavy atom. The van der Waals surface area contributed by atoms with Gasteiger partial charge in [0.05, 0.1) is 30.9 Å². The van der Waals surface area contributed by atoms with Crippen molar-refractivity contribution in [2.75, 3.05) is 31.4 Å². The lowest BCUT2D eigenvalue weighted by atomic mass is 10.1. The number of benzene rings is 3. The first-order chi connectivity index (χ1) is 19.2. The van der Waals surface area contributed by atoms with Gasteiger partial charge in [0.1, 0.15) is 5.58 Å². The van der Waals surface area contributed by atoms with Crippen molar-refractivity contribution in [1.29, 1.82) is 0 Å². The molecule has 0 radical (unpaired) electrons. The first-order valence-corrected chi connectivity index (χ1v) is 12.2. The maximum Gasteiger partial charge on any atom is 0.404 e. The van der Waals surface area contributed by atoms with E-state index in [1.807, 2.05) is 6.92 Å². The highest BCUT2D eigenvalue weighted by atomic mass is 16.5. The second-order valence-electron chi connectivity index (χ2n) is 8.81. The van der Waals surface area contributed by atoms with Crippen LogP contribution < -0.4 is 30.9 Å². The Labute approximate surface area is 228 Å². The number of hydrogen-bond donors (Lipinski definition) is 4. The molecular weight excluding hydrogens is 518 g/mol. The number of aryl methyl sites for hydroxylation is 1. The molecule has 11 nitrogen and oxygen atoms in total. The molecule has 0 aliphatic rings. The molecule has 0 fully saturated rings. The summed E-state index contributed by atoms with van der Waals surface area (Å²) >= 11 is 0. The minimum Gasteiger partial charge on any atom is -0.493 e. The summed E-state index contributed by atoms with van der Waals surface area (Å²) in [6.07, 6.45) is -0.615. The summed E-state index contributed by atoms with van der Waals surface area (Å²) in [5, 5.41) is 16.8. The van der Waals surface area contributed by atoms with Gasteiger partial charge in [-0.15, -0.1) is 0 Å². The van der Waals surface area contributed by atoms with Gasteiger partial charge in [-0.1, -0.05) is 23.8 Å². The molecule has 0 spiro atoms. The molecule has 3 amide bonds. The zero-order valence-electron chi connectivity index (χ0n) is 22.0. The van der Waals surface area contributed by atoms with Gasteiger partial charge in [-0.2, -0.15) is 0 Å². The van der Waals surface area contributed by atoms with Crippen molar-refractivity contribution >= 4 is 40.3 Å². The smallest absolute Gasteiger partial charge is 0.404 e. The van der Waals surface area contributed by atoms with Gasteiger partial charge in [0.15, 0.2) is 22.7 Å². The maximum absolute atomic E-state index is 13.3. The zero-order chi connectivity index (χ0) is 28.8. The lowest BCUT2D eigenvalue weighted by Gasteiger charge is -2.16. The van der Waals surface area contributed by atoms with Gasteiger partial charge in [0, 0.05) is 24.4 Å². The largest absolute Gasteiger partial charge is 0.493 e. The van der Waals surface area contributed by atoms with Crippen LogP contribution in [0.4, 0.5) is 16.2 Å². The van der Waals surface area contributed by atoms with Gasteiger partial charge in [0.2, 0.25) is 0 Å². The Hall–Kier alpha value is -5.32. The number of carbonyl (C=O) groups is 3. The minimum atomic E-state index is -1.10. The van der Waals surface area contributed by atoms with Crippen LogP contribution >= 0.6 is 0 Å². The molecule has 11 heteroatoms. The summed E-state index contributed by atoms with van der Waals surface area (Å²) in [6, 6.07) is 15.9. The van der Waals surface area contributed by atoms with Crippen LogP contribution in [0.15, 0.2) is 69.9 Å². The van der Waals surface area contributed by atoms with Crippen molar-refractivity contribution in [2.24, 2.45) is 0 Å². The van der Waals surface area contributed by atoms with E-state index in [0.29, 0.717) is 17.5 Å². The fourth-order valence-electron chi connectivity index (χ4n) is 4.00. The van der Waals surface area contributed by atoms with E-state index in [0.717, 1.165) is 17.2 Å². The number of ether oxygens (including phenoxy) is 2. The molecule has 4 N–H and O–H groups in total. The van der Waals surface area contributed by atoms with Crippen molar-refractivity contribution in [2.45, 2.75) is 13.3 Å². The van der Waals surface area contributed by atoms with Crippen LogP contribution in [-0.4, -0.2) is 43.8 Å². The second-order valence-corrected chi connectivity index (χ2v) is 8.81. The number of anilines is 2. The molecule has 0 bridgehead atoms. The SMILES string of the molecule is COc1cc(NC(=O)c2cc(=O)c3cc(C)ccc3o2)c(C(=O)Nc2ccc(CCNC(=O)O)cc2)cc1OC. The zero-order valence-corrected chi connectivity index (χ0v) is 22.0. The van der Waals surface area contributed by atoms with E-state index in [2.05, 4.69) is 16.0 Å². The quantitative estimate of drug-likeness (QED) is 0.241. The lowest BCUT2D eigenvalue weighted by Crippen LogP contribution is -2.23. The topological polar surface area (TPSA) is 156 Å². The highest BCUT2D eigenvalue weighted by Gasteiger charge is 2.21. The fraction of sp³-hybridized carbons (Fsp3) is 0.172. The molecule has 4 rings (SSSR count). The van der Waals surface area contributed by atoms with E-state index >= 15 is 0 Å². The van der Waals surface area contributed by atoms with E-state index in [1.165, 1.54) is 26.4 Å². The monoisotopic (exact) mass is 545 g/mol. The Kier molecular flexibility index (Phi) is 8.33. The number of fused-ring (bicyclic) bond motifs is 1. The van der Waals surface area contributed by atoms with E-state index in [1.54, 1.807) is 42.5 Å². The third-order valence-electron chi connectivity index (χ3n) is 6.02. The first-order valence-electron chi connectivity index (χ1n) is 12.2. The number of carbonyl (C=O) groups excluding carboxylic acids is 2. The van der Waals surface area contributed by atoms with Gasteiger partial charge in [-0.25, -0.2) is 4.79 Å². The summed E-state index contributed by atoms with van der Waals surface area (Å²) in [5.41, 5.74) is 2.28. The Balaban J connectivity index is 1.60. The van der Waals surface area contributed by atoms with Crippen LogP contribution in [0.3, 0.4) is 0 Å². The van der Waals surface area contributed by atoms with Crippen molar-refractivity contribution in [1.82, 2.24) is 5.32 Å². The number of hydrogen-bond acceptors (Lipinski definition) is 7. The molecule has 40 heavy (non-hydrogen) atoms. The molecule has 0 unspecified atom stereocenters. The third-order valence-corrected chi connectivity index (χ3v) is 6.02. The van der Waals surface area contributed by atoms with Crippen LogP contribution in [0.1, 0.15) is 32.0 Å². The maximum atomic E-state index is 13.3. The van der Waals surface area contributed by atoms with Crippen LogP contribution in [0.25, 0.3) is 11.0 Å². The van der Waals surface area contributed by atoms with Crippen LogP contribution in [0, 0.1) is 6.92 Å². The van der Waals surface area contributed by atoms with Crippen LogP contribution in [0.5, 0.6) is 11.5 Å². The molecule has 0 saturated carbocycles. The van der Waals surface area contributed by atoms with E-state index in [-0.39, 0.29) is 46.1 Å². The molecule has 0 saturated heterocycles. The summed E-state index contributed by atoms with van der Waals surface area (Å²) in [4.78, 5) is 49.7. The molecule has 1 aromatic heterocycles. The molecule has 0 aliphatic carbocycles. The molecular formula is C29H27N3O8. The summed E-state index contributed by atoms with van der Waals surface area (Å²) in [5.74, 6) is -0.980. The van der Waals surface area contributed by atoms with Gasteiger partial charge < -0.3 is 34.9 Å². The summed E-state index contributed by atoms with van der Waals surface area (Å²) in [6.45, 7) is 2.10. The van der Waals surface area contributed by atoms with E-state index in [9.17, 15) is 19.2 Å². The van der Waals surface area contributed by atoms with Gasteiger partial charge in [0.25, 0.3) is 11.8 Å². The number of rotatable bonds is 9. The van der Waals surface area contributed by atoms with Crippen LogP contribution in [-0.2, 0) is 6.42 Å². The summed E-state index contributed by atoms with van der Waals surface area (Å²) < 4.78 is 16.4.